The van der Waals surface area contributed by atoms with E-state index in [2.05, 4.69) is 21.3 Å². The van der Waals surface area contributed by atoms with Gasteiger partial charge in [0.15, 0.2) is 9.84 Å². The lowest BCUT2D eigenvalue weighted by atomic mass is 9.95. The highest BCUT2D eigenvalue weighted by atomic mass is 32.2. The van der Waals surface area contributed by atoms with Crippen LogP contribution in [0.4, 0.5) is 4.79 Å². The van der Waals surface area contributed by atoms with Gasteiger partial charge in [-0.15, -0.1) is 0 Å². The van der Waals surface area contributed by atoms with Crippen molar-refractivity contribution in [3.05, 3.63) is 96.0 Å². The largest absolute Gasteiger partial charge is 0.481 e. The van der Waals surface area contributed by atoms with Crippen LogP contribution in [-0.4, -0.2) is 84.8 Å². The molecule has 4 atom stereocenters. The van der Waals surface area contributed by atoms with Crippen LogP contribution in [-0.2, 0) is 45.2 Å². The molecule has 4 amide bonds. The molecule has 0 saturated carbocycles. The van der Waals surface area contributed by atoms with Crippen LogP contribution in [0.2, 0.25) is 0 Å². The van der Waals surface area contributed by atoms with E-state index in [1.54, 1.807) is 80.6 Å². The Morgan fingerprint density at radius 3 is 2.02 bits per heavy atom. The molecule has 6 N–H and O–H groups in total. The van der Waals surface area contributed by atoms with Gasteiger partial charge in [0.2, 0.25) is 17.7 Å². The van der Waals surface area contributed by atoms with Gasteiger partial charge in [0, 0.05) is 17.6 Å². The number of sulfone groups is 1. The van der Waals surface area contributed by atoms with E-state index in [1.165, 1.54) is 0 Å². The van der Waals surface area contributed by atoms with Crippen molar-refractivity contribution in [1.82, 2.24) is 21.3 Å². The van der Waals surface area contributed by atoms with Crippen molar-refractivity contribution in [2.45, 2.75) is 57.5 Å². The Hall–Kier alpha value is -5.51. The highest BCUT2D eigenvalue weighted by Crippen LogP contribution is 2.14. The number of allylic oxidation sites excluding steroid dienone is 4. The van der Waals surface area contributed by atoms with Gasteiger partial charge in [-0.2, -0.15) is 0 Å². The molecule has 0 fully saturated rings. The molecule has 15 nitrogen and oxygen atoms in total. The van der Waals surface area contributed by atoms with Crippen LogP contribution in [0.5, 0.6) is 0 Å². The first kappa shape index (κ1) is 40.7. The van der Waals surface area contributed by atoms with Crippen LogP contribution in [0.1, 0.15) is 32.3 Å². The number of carbonyl (C=O) groups excluding carboxylic acids is 4. The van der Waals surface area contributed by atoms with Crippen LogP contribution >= 0.6 is 0 Å². The molecular formula is C34H42N4O11S. The van der Waals surface area contributed by atoms with E-state index < -0.39 is 94.4 Å². The Morgan fingerprint density at radius 2 is 1.46 bits per heavy atom. The second-order valence-corrected chi connectivity index (χ2v) is 13.5. The lowest BCUT2D eigenvalue weighted by molar-refractivity contribution is -0.138. The van der Waals surface area contributed by atoms with Gasteiger partial charge >= 0.3 is 18.0 Å². The third-order valence-corrected chi connectivity index (χ3v) is 7.53. The Kier molecular flexibility index (Phi) is 16.4. The van der Waals surface area contributed by atoms with Crippen LogP contribution in [0.3, 0.4) is 0 Å². The molecule has 16 heteroatoms. The summed E-state index contributed by atoms with van der Waals surface area (Å²) in [6, 6.07) is 3.37. The molecule has 0 spiro atoms. The average molecular weight is 715 g/mol. The summed E-state index contributed by atoms with van der Waals surface area (Å²) in [5.41, 5.74) is 0.673. The highest BCUT2D eigenvalue weighted by molar-refractivity contribution is 7.93. The number of hydrogen-bond donors (Lipinski definition) is 6. The minimum atomic E-state index is -3.65. The third kappa shape index (κ3) is 15.6. The van der Waals surface area contributed by atoms with Gasteiger partial charge in [0.05, 0.1) is 18.9 Å². The molecule has 270 valence electrons. The number of carboxylic acids is 2. The van der Waals surface area contributed by atoms with Crippen molar-refractivity contribution in [1.29, 1.82) is 0 Å². The summed E-state index contributed by atoms with van der Waals surface area (Å²) in [6.45, 7) is 3.10. The predicted molar refractivity (Wildman–Crippen MR) is 183 cm³/mol. The fraction of sp³-hybridized carbons (Fsp3) is 0.353. The molecule has 0 saturated heterocycles. The first-order valence-electron chi connectivity index (χ1n) is 15.4. The molecule has 0 heterocycles. The number of amides is 4. The van der Waals surface area contributed by atoms with Gasteiger partial charge in [-0.1, -0.05) is 98.9 Å². The first-order chi connectivity index (χ1) is 23.6. The first-order valence-corrected chi connectivity index (χ1v) is 17.4. The molecule has 0 bridgehead atoms. The van der Waals surface area contributed by atoms with Crippen molar-refractivity contribution in [3.63, 3.8) is 0 Å². The summed E-state index contributed by atoms with van der Waals surface area (Å²) in [5, 5.41) is 29.1. The summed E-state index contributed by atoms with van der Waals surface area (Å²) in [7, 11) is -3.65. The van der Waals surface area contributed by atoms with Gasteiger partial charge < -0.3 is 36.2 Å². The van der Waals surface area contributed by atoms with Gasteiger partial charge in [0.25, 0.3) is 0 Å². The molecule has 1 aliphatic carbocycles. The number of alkyl carbamates (subject to hydrolysis) is 1. The van der Waals surface area contributed by atoms with E-state index in [-0.39, 0.29) is 6.61 Å². The molecule has 0 radical (unpaired) electrons. The van der Waals surface area contributed by atoms with Crippen molar-refractivity contribution in [3.8, 4) is 0 Å². The third-order valence-electron chi connectivity index (χ3n) is 6.88. The number of ether oxygens (including phenoxy) is 1. The highest BCUT2D eigenvalue weighted by Gasteiger charge is 2.34. The number of aliphatic carboxylic acids is 2. The van der Waals surface area contributed by atoms with Crippen LogP contribution in [0.25, 0.3) is 0 Å². The fourth-order valence-electron chi connectivity index (χ4n) is 4.42. The second-order valence-electron chi connectivity index (χ2n) is 11.5. The second kappa shape index (κ2) is 20.1. The summed E-state index contributed by atoms with van der Waals surface area (Å²) >= 11 is 0. The number of carboxylic acid groups (broad SMARTS) is 2. The zero-order chi connectivity index (χ0) is 37.3. The number of nitrogens with one attached hydrogen (secondary N) is 4. The van der Waals surface area contributed by atoms with E-state index in [0.29, 0.717) is 5.56 Å². The summed E-state index contributed by atoms with van der Waals surface area (Å²) < 4.78 is 28.4. The molecule has 0 aliphatic heterocycles. The van der Waals surface area contributed by atoms with Crippen molar-refractivity contribution in [2.24, 2.45) is 11.8 Å². The van der Waals surface area contributed by atoms with E-state index >= 15 is 0 Å². The standard InChI is InChI=1S/C34H42N4O11S/c1-22(2)29(32(44)35-25(20-28(41)42)18-19-50(3,47)48)37-33(45)30(24-14-9-4-5-10-15-24)38-31(43)26(16-11-17-27(39)40)36-34(46)49-21-23-12-7-6-8-13-23/h4-16,18-19,22,24-26,29-30H,17,20-21H2,1-3H3,(H,35,44)(H,36,46)(H,37,45)(H,38,43)(H,39,40)(H,41,42). The van der Waals surface area contributed by atoms with Crippen LogP contribution in [0, 0.1) is 11.8 Å². The summed E-state index contributed by atoms with van der Waals surface area (Å²) in [5.74, 6) is -6.37. The molecule has 50 heavy (non-hydrogen) atoms. The SMILES string of the molecule is CC(C)C(NC(=O)C(NC(=O)C(C=CCC(=O)O)NC(=O)OCc1ccccc1)C1C=CC=CC=C1)C(=O)NC(C=CS(C)(=O)=O)CC(=O)O. The normalized spacial score (nSPS) is 15.5. The monoisotopic (exact) mass is 714 g/mol. The van der Waals surface area contributed by atoms with E-state index in [9.17, 15) is 42.3 Å². The van der Waals surface area contributed by atoms with Crippen LogP contribution in [0.15, 0.2) is 90.4 Å². The fourth-order valence-corrected chi connectivity index (χ4v) is 4.90. The smallest absolute Gasteiger partial charge is 0.408 e. The quantitative estimate of drug-likeness (QED) is 0.120. The number of benzene rings is 1. The van der Waals surface area contributed by atoms with Gasteiger partial charge in [-0.25, -0.2) is 13.2 Å². The minimum Gasteiger partial charge on any atom is -0.481 e. The van der Waals surface area contributed by atoms with Gasteiger partial charge in [0.1, 0.15) is 24.7 Å². The molecule has 2 rings (SSSR count). The van der Waals surface area contributed by atoms with E-state index in [0.717, 1.165) is 29.9 Å². The maximum absolute atomic E-state index is 13.8. The molecule has 1 aromatic carbocycles. The van der Waals surface area contributed by atoms with Gasteiger partial charge in [-0.05, 0) is 11.5 Å². The number of hydrogen-bond acceptors (Lipinski definition) is 9. The molecule has 0 aromatic heterocycles. The number of carbonyl (C=O) groups is 6. The maximum atomic E-state index is 13.8. The Bertz CT molecular complexity index is 1620. The molecule has 1 aliphatic rings. The van der Waals surface area contributed by atoms with E-state index in [1.807, 2.05) is 0 Å². The van der Waals surface area contributed by atoms with Crippen LogP contribution < -0.4 is 21.3 Å². The molecule has 1 aromatic rings. The average Bonchev–Trinajstić information content (AvgIpc) is 3.32. The Labute approximate surface area is 290 Å². The zero-order valence-electron chi connectivity index (χ0n) is 27.7. The molecular weight excluding hydrogens is 672 g/mol. The minimum absolute atomic E-state index is 0.119. The number of rotatable bonds is 18. The van der Waals surface area contributed by atoms with Gasteiger partial charge in [-0.3, -0.25) is 24.0 Å². The Morgan fingerprint density at radius 1 is 0.820 bits per heavy atom. The summed E-state index contributed by atoms with van der Waals surface area (Å²) in [4.78, 5) is 76.0. The van der Waals surface area contributed by atoms with Crippen molar-refractivity contribution < 1.29 is 52.1 Å². The lowest BCUT2D eigenvalue weighted by Gasteiger charge is -2.29. The van der Waals surface area contributed by atoms with E-state index in [4.69, 9.17) is 9.84 Å². The lowest BCUT2D eigenvalue weighted by Crippen LogP contribution is -2.59. The van der Waals surface area contributed by atoms with Crippen molar-refractivity contribution >= 4 is 45.6 Å². The molecule has 4 unspecified atom stereocenters. The zero-order valence-corrected chi connectivity index (χ0v) is 28.5. The predicted octanol–water partition coefficient (Wildman–Crippen LogP) is 1.75. The summed E-state index contributed by atoms with van der Waals surface area (Å²) in [6.07, 6.45) is 12.0. The maximum Gasteiger partial charge on any atom is 0.408 e. The van der Waals surface area contributed by atoms with Crippen molar-refractivity contribution in [2.75, 3.05) is 6.26 Å². The topological polar surface area (TPSA) is 234 Å². The Balaban J connectivity index is 2.34.